The van der Waals surface area contributed by atoms with Crippen molar-refractivity contribution >= 4 is 25.4 Å². The lowest BCUT2D eigenvalue weighted by Crippen LogP contribution is -2.11. The molecule has 0 aromatic carbocycles. The number of rotatable bonds is 2. The molecule has 0 spiro atoms. The molecule has 0 aromatic rings. The molecule has 64 valence electrons. The van der Waals surface area contributed by atoms with Gasteiger partial charge in [0, 0.05) is 17.1 Å². The zero-order chi connectivity index (χ0) is 8.48. The first-order valence-corrected chi connectivity index (χ1v) is 5.59. The van der Waals surface area contributed by atoms with Crippen molar-refractivity contribution in [2.24, 2.45) is 5.16 Å². The van der Waals surface area contributed by atoms with E-state index in [0.717, 1.165) is 0 Å². The quantitative estimate of drug-likeness (QED) is 0.613. The molecular formula is C5H8ClNO3S. The molecule has 1 unspecified atom stereocenters. The molecule has 0 fully saturated rings. The monoisotopic (exact) mass is 197 g/mol. The molecule has 1 rings (SSSR count). The van der Waals surface area contributed by atoms with Crippen LogP contribution in [0.5, 0.6) is 0 Å². The normalized spacial score (nSPS) is 24.5. The van der Waals surface area contributed by atoms with Crippen LogP contribution in [-0.4, -0.2) is 26.0 Å². The molecule has 0 aliphatic carbocycles. The zero-order valence-corrected chi connectivity index (χ0v) is 7.52. The second-order valence-electron chi connectivity index (χ2n) is 2.46. The summed E-state index contributed by atoms with van der Waals surface area (Å²) < 4.78 is 21.0. The highest BCUT2D eigenvalue weighted by Crippen LogP contribution is 2.11. The van der Waals surface area contributed by atoms with Gasteiger partial charge in [-0.1, -0.05) is 5.16 Å². The molecule has 0 radical (unpaired) electrons. The summed E-state index contributed by atoms with van der Waals surface area (Å²) in [6.45, 7) is 1.82. The van der Waals surface area contributed by atoms with Gasteiger partial charge in [0.05, 0.1) is 5.71 Å². The molecule has 1 heterocycles. The van der Waals surface area contributed by atoms with Crippen LogP contribution in [0, 0.1) is 0 Å². The van der Waals surface area contributed by atoms with Gasteiger partial charge in [0.25, 0.3) is 0 Å². The summed E-state index contributed by atoms with van der Waals surface area (Å²) in [5, 5.41) is 3.56. The number of halogens is 1. The topological polar surface area (TPSA) is 55.7 Å². The third-order valence-electron chi connectivity index (χ3n) is 1.22. The molecule has 11 heavy (non-hydrogen) atoms. The maximum Gasteiger partial charge on any atom is 0.238 e. The number of nitrogens with zero attached hydrogens (tertiary/aromatic N) is 1. The van der Waals surface area contributed by atoms with Crippen LogP contribution in [0.2, 0.25) is 0 Å². The highest BCUT2D eigenvalue weighted by molar-refractivity contribution is 8.14. The Labute approximate surface area is 69.6 Å². The van der Waals surface area contributed by atoms with Crippen molar-refractivity contribution in [2.45, 2.75) is 19.4 Å². The molecule has 1 aliphatic heterocycles. The maximum absolute atomic E-state index is 10.5. The van der Waals surface area contributed by atoms with Gasteiger partial charge in [0.15, 0.2) is 0 Å². The van der Waals surface area contributed by atoms with E-state index in [1.54, 1.807) is 0 Å². The zero-order valence-electron chi connectivity index (χ0n) is 5.95. The Bertz CT molecular complexity index is 271. The average molecular weight is 198 g/mol. The van der Waals surface area contributed by atoms with Crippen LogP contribution in [0.25, 0.3) is 0 Å². The number of hydrogen-bond donors (Lipinski definition) is 0. The number of hydrogen-bond acceptors (Lipinski definition) is 4. The Morgan fingerprint density at radius 1 is 1.82 bits per heavy atom. The van der Waals surface area contributed by atoms with Crippen molar-refractivity contribution in [3.05, 3.63) is 0 Å². The van der Waals surface area contributed by atoms with Crippen LogP contribution in [0.4, 0.5) is 0 Å². The average Bonchev–Trinajstić information content (AvgIpc) is 2.10. The SMILES string of the molecule is CC1CC(CS(=O)(=O)Cl)=NO1. The van der Waals surface area contributed by atoms with Crippen molar-refractivity contribution in [2.75, 3.05) is 5.75 Å². The lowest BCUT2D eigenvalue weighted by molar-refractivity contribution is 0.0995. The standard InChI is InChI=1S/C5H8ClNO3S/c1-4-2-5(7-10-4)3-11(6,8)9/h4H,2-3H2,1H3. The summed E-state index contributed by atoms with van der Waals surface area (Å²) in [6.07, 6.45) is 0.523. The van der Waals surface area contributed by atoms with Gasteiger partial charge in [-0.15, -0.1) is 0 Å². The fourth-order valence-corrected chi connectivity index (χ4v) is 1.80. The predicted octanol–water partition coefficient (Wildman–Crippen LogP) is 0.720. The largest absolute Gasteiger partial charge is 0.392 e. The Hall–Kier alpha value is -0.290. The third kappa shape index (κ3) is 3.07. The molecule has 4 nitrogen and oxygen atoms in total. The summed E-state index contributed by atoms with van der Waals surface area (Å²) in [7, 11) is 1.53. The van der Waals surface area contributed by atoms with Crippen molar-refractivity contribution in [3.63, 3.8) is 0 Å². The summed E-state index contributed by atoms with van der Waals surface area (Å²) in [4.78, 5) is 4.78. The van der Waals surface area contributed by atoms with Crippen LogP contribution in [-0.2, 0) is 13.9 Å². The molecule has 6 heteroatoms. The van der Waals surface area contributed by atoms with Gasteiger partial charge in [-0.05, 0) is 6.92 Å². The van der Waals surface area contributed by atoms with Gasteiger partial charge < -0.3 is 4.84 Å². The summed E-state index contributed by atoms with van der Waals surface area (Å²) >= 11 is 0. The summed E-state index contributed by atoms with van der Waals surface area (Å²) in [5.74, 6) is -0.209. The highest BCUT2D eigenvalue weighted by Gasteiger charge is 2.20. The van der Waals surface area contributed by atoms with E-state index in [9.17, 15) is 8.42 Å². The second-order valence-corrected chi connectivity index (χ2v) is 5.24. The molecule has 1 atom stereocenters. The van der Waals surface area contributed by atoms with E-state index in [4.69, 9.17) is 15.5 Å². The smallest absolute Gasteiger partial charge is 0.238 e. The van der Waals surface area contributed by atoms with E-state index in [0.29, 0.717) is 12.1 Å². The van der Waals surface area contributed by atoms with Gasteiger partial charge in [0.1, 0.15) is 11.9 Å². The van der Waals surface area contributed by atoms with E-state index in [-0.39, 0.29) is 11.9 Å². The lowest BCUT2D eigenvalue weighted by atomic mass is 10.2. The summed E-state index contributed by atoms with van der Waals surface area (Å²) in [6, 6.07) is 0. The van der Waals surface area contributed by atoms with Crippen LogP contribution >= 0.6 is 10.7 Å². The molecular weight excluding hydrogens is 190 g/mol. The van der Waals surface area contributed by atoms with E-state index in [1.165, 1.54) is 0 Å². The van der Waals surface area contributed by atoms with Crippen LogP contribution in [0.1, 0.15) is 13.3 Å². The maximum atomic E-state index is 10.5. The van der Waals surface area contributed by atoms with Crippen molar-refractivity contribution in [1.29, 1.82) is 0 Å². The first kappa shape index (κ1) is 8.80. The van der Waals surface area contributed by atoms with E-state index in [2.05, 4.69) is 5.16 Å². The fourth-order valence-electron chi connectivity index (χ4n) is 0.855. The fraction of sp³-hybridized carbons (Fsp3) is 0.800. The van der Waals surface area contributed by atoms with Crippen LogP contribution < -0.4 is 0 Å². The highest BCUT2D eigenvalue weighted by atomic mass is 35.7. The van der Waals surface area contributed by atoms with Gasteiger partial charge in [-0.25, -0.2) is 8.42 Å². The molecule has 0 bridgehead atoms. The van der Waals surface area contributed by atoms with Gasteiger partial charge in [0.2, 0.25) is 9.05 Å². The molecule has 0 saturated heterocycles. The minimum atomic E-state index is -3.47. The molecule has 0 N–H and O–H groups in total. The number of oxime groups is 1. The van der Waals surface area contributed by atoms with Gasteiger partial charge in [-0.2, -0.15) is 0 Å². The Morgan fingerprint density at radius 2 is 2.45 bits per heavy atom. The minimum Gasteiger partial charge on any atom is -0.392 e. The second kappa shape index (κ2) is 2.98. The Kier molecular flexibility index (Phi) is 2.39. The molecule has 1 aliphatic rings. The minimum absolute atomic E-state index is 0.0246. The van der Waals surface area contributed by atoms with Gasteiger partial charge >= 0.3 is 0 Å². The van der Waals surface area contributed by atoms with E-state index in [1.807, 2.05) is 6.92 Å². The van der Waals surface area contributed by atoms with E-state index >= 15 is 0 Å². The van der Waals surface area contributed by atoms with Crippen molar-refractivity contribution in [1.82, 2.24) is 0 Å². The molecule has 0 aromatic heterocycles. The molecule has 0 amide bonds. The van der Waals surface area contributed by atoms with E-state index < -0.39 is 9.05 Å². The molecule has 0 saturated carbocycles. The van der Waals surface area contributed by atoms with Crippen molar-refractivity contribution < 1.29 is 13.3 Å². The third-order valence-corrected chi connectivity index (χ3v) is 2.23. The Morgan fingerprint density at radius 3 is 2.82 bits per heavy atom. The first-order chi connectivity index (χ1) is 4.97. The first-order valence-electron chi connectivity index (χ1n) is 3.11. The van der Waals surface area contributed by atoms with Gasteiger partial charge in [-0.3, -0.25) is 0 Å². The Balaban J connectivity index is 2.53. The summed E-state index contributed by atoms with van der Waals surface area (Å²) in [5.41, 5.74) is 0.493. The van der Waals surface area contributed by atoms with Crippen LogP contribution in [0.15, 0.2) is 5.16 Å². The lowest BCUT2D eigenvalue weighted by Gasteiger charge is -1.95. The van der Waals surface area contributed by atoms with Crippen LogP contribution in [0.3, 0.4) is 0 Å². The predicted molar refractivity (Wildman–Crippen MR) is 42.2 cm³/mol. The van der Waals surface area contributed by atoms with Crippen molar-refractivity contribution in [3.8, 4) is 0 Å².